The van der Waals surface area contributed by atoms with Gasteiger partial charge in [0.15, 0.2) is 0 Å². The molecule has 0 bridgehead atoms. The summed E-state index contributed by atoms with van der Waals surface area (Å²) in [4.78, 5) is 5.48. The van der Waals surface area contributed by atoms with E-state index in [1.807, 2.05) is 11.3 Å². The molecule has 0 radical (unpaired) electrons. The van der Waals surface area contributed by atoms with Gasteiger partial charge in [0.25, 0.3) is 6.71 Å². The predicted molar refractivity (Wildman–Crippen MR) is 468 cm³/mol. The van der Waals surface area contributed by atoms with E-state index in [2.05, 4.69) is 412 Å². The highest BCUT2D eigenvalue weighted by atomic mass is 32.1. The van der Waals surface area contributed by atoms with E-state index in [0.29, 0.717) is 0 Å². The van der Waals surface area contributed by atoms with Crippen LogP contribution in [0.1, 0.15) is 79.0 Å². The summed E-state index contributed by atoms with van der Waals surface area (Å²) in [7, 11) is 0. The highest BCUT2D eigenvalue weighted by Crippen LogP contribution is 2.56. The van der Waals surface area contributed by atoms with Crippen LogP contribution in [0.4, 0.5) is 34.1 Å². The molecule has 0 atom stereocenters. The van der Waals surface area contributed by atoms with Crippen molar-refractivity contribution in [3.63, 3.8) is 0 Å². The third-order valence-corrected chi connectivity index (χ3v) is 24.0. The van der Waals surface area contributed by atoms with Crippen molar-refractivity contribution < 1.29 is 0 Å². The molecule has 108 heavy (non-hydrogen) atoms. The highest BCUT2D eigenvalue weighted by Gasteiger charge is 2.46. The smallest absolute Gasteiger partial charge is 0.252 e. The molecular weight excluding hydrogens is 1320 g/mol. The number of hydrogen-bond acceptors (Lipinski definition) is 3. The molecule has 0 unspecified atom stereocenters. The van der Waals surface area contributed by atoms with Gasteiger partial charge in [-0.05, 0) is 204 Å². The number of fused-ring (bicyclic) bond motifs is 9. The van der Waals surface area contributed by atoms with Crippen molar-refractivity contribution in [3.8, 4) is 89.0 Å². The minimum Gasteiger partial charge on any atom is -0.310 e. The van der Waals surface area contributed by atoms with Crippen LogP contribution in [0.25, 0.3) is 131 Å². The van der Waals surface area contributed by atoms with E-state index in [1.54, 1.807) is 0 Å². The van der Waals surface area contributed by atoms with Gasteiger partial charge in [0.1, 0.15) is 0 Å². The van der Waals surface area contributed by atoms with E-state index >= 15 is 0 Å². The van der Waals surface area contributed by atoms with Crippen LogP contribution in [-0.4, -0.2) is 6.71 Å². The Hall–Kier alpha value is -12.1. The van der Waals surface area contributed by atoms with Crippen molar-refractivity contribution in [2.24, 2.45) is 0 Å². The topological polar surface area (TPSA) is 6.48 Å². The molecule has 2 aliphatic heterocycles. The molecule has 2 aliphatic rings. The molecule has 0 fully saturated rings. The third-order valence-electron chi connectivity index (χ3n) is 22.9. The standard InChI is InChI=1S/C104H83BN2S/c1-102(2,3)76-60-84(66-32-16-10-17-33-66)100(85(61-76)67-34-18-11-19-35-67)106-91-57-73(72-49-53-83-88(56-72)98(71-42-26-15-27-43-71)82-46-29-28-45-81(82)97(83)70-40-24-14-25-41-70)50-54-89(91)105-90-55-51-74(75-48-52-80-79-44-30-31-47-95(79)108-96(80)59-75)58-92(90)107(94-65-78(104(7,8)9)64-93(106)99(94)105)101-86(68-36-20-12-21-37-68)62-77(103(4,5)6)63-87(101)69-38-22-13-23-39-69/h10-65H,1-9H3. The zero-order valence-corrected chi connectivity index (χ0v) is 63.5. The van der Waals surface area contributed by atoms with Crippen molar-refractivity contribution >= 4 is 110 Å². The maximum atomic E-state index is 2.74. The van der Waals surface area contributed by atoms with Crippen LogP contribution in [0.2, 0.25) is 0 Å². The molecule has 3 heterocycles. The van der Waals surface area contributed by atoms with Crippen LogP contribution in [0.15, 0.2) is 340 Å². The number of rotatable bonds is 10. The van der Waals surface area contributed by atoms with Gasteiger partial charge in [0.05, 0.1) is 11.4 Å². The Morgan fingerprint density at radius 3 is 0.944 bits per heavy atom. The van der Waals surface area contributed by atoms with E-state index in [1.165, 1.54) is 147 Å². The maximum Gasteiger partial charge on any atom is 0.252 e. The Kier molecular flexibility index (Phi) is 16.0. The molecule has 4 heteroatoms. The number of thiophene rings is 1. The molecule has 17 aromatic rings. The Balaban J connectivity index is 0.965. The second-order valence-corrected chi connectivity index (χ2v) is 33.8. The monoisotopic (exact) mass is 1400 g/mol. The van der Waals surface area contributed by atoms with Crippen molar-refractivity contribution in [1.29, 1.82) is 0 Å². The Morgan fingerprint density at radius 2 is 0.537 bits per heavy atom. The van der Waals surface area contributed by atoms with Crippen LogP contribution >= 0.6 is 11.3 Å². The fourth-order valence-corrected chi connectivity index (χ4v) is 18.5. The molecule has 0 saturated carbocycles. The molecule has 0 amide bonds. The van der Waals surface area contributed by atoms with Gasteiger partial charge < -0.3 is 9.80 Å². The summed E-state index contributed by atoms with van der Waals surface area (Å²) in [6.45, 7) is 21.2. The van der Waals surface area contributed by atoms with Gasteiger partial charge in [-0.3, -0.25) is 0 Å². The summed E-state index contributed by atoms with van der Waals surface area (Å²) < 4.78 is 2.59. The summed E-state index contributed by atoms with van der Waals surface area (Å²) in [5.41, 5.74) is 32.7. The van der Waals surface area contributed by atoms with Gasteiger partial charge in [-0.15, -0.1) is 11.3 Å². The lowest BCUT2D eigenvalue weighted by atomic mass is 9.33. The quantitative estimate of drug-likeness (QED) is 0.0995. The molecule has 1 aromatic heterocycles. The van der Waals surface area contributed by atoms with Gasteiger partial charge in [-0.25, -0.2) is 0 Å². The van der Waals surface area contributed by atoms with Crippen molar-refractivity contribution in [3.05, 3.63) is 356 Å². The van der Waals surface area contributed by atoms with Crippen molar-refractivity contribution in [2.45, 2.75) is 78.6 Å². The average Bonchev–Trinajstić information content (AvgIpc) is 0.756. The lowest BCUT2D eigenvalue weighted by Crippen LogP contribution is -2.61. The zero-order chi connectivity index (χ0) is 73.3. The Morgan fingerprint density at radius 1 is 0.231 bits per heavy atom. The molecule has 518 valence electrons. The number of hydrogen-bond donors (Lipinski definition) is 0. The largest absolute Gasteiger partial charge is 0.310 e. The lowest BCUT2D eigenvalue weighted by Gasteiger charge is -2.47. The number of benzene rings is 16. The molecule has 0 aliphatic carbocycles. The first-order valence-corrected chi connectivity index (χ1v) is 39.0. The first kappa shape index (κ1) is 66.6. The normalized spacial score (nSPS) is 12.8. The van der Waals surface area contributed by atoms with Crippen LogP contribution in [0.3, 0.4) is 0 Å². The predicted octanol–water partition coefficient (Wildman–Crippen LogP) is 27.7. The van der Waals surface area contributed by atoms with E-state index < -0.39 is 0 Å². The summed E-state index contributed by atoms with van der Waals surface area (Å²) in [6, 6.07) is 130. The van der Waals surface area contributed by atoms with E-state index in [-0.39, 0.29) is 23.0 Å². The summed E-state index contributed by atoms with van der Waals surface area (Å²) in [6.07, 6.45) is 0. The van der Waals surface area contributed by atoms with Gasteiger partial charge in [0.2, 0.25) is 0 Å². The molecule has 2 nitrogen and oxygen atoms in total. The first-order valence-electron chi connectivity index (χ1n) is 38.2. The van der Waals surface area contributed by atoms with E-state index in [4.69, 9.17) is 0 Å². The van der Waals surface area contributed by atoms with Crippen LogP contribution in [0, 0.1) is 0 Å². The third kappa shape index (κ3) is 11.3. The number of nitrogens with zero attached hydrogens (tertiary/aromatic N) is 2. The van der Waals surface area contributed by atoms with E-state index in [0.717, 1.165) is 50.7 Å². The van der Waals surface area contributed by atoms with E-state index in [9.17, 15) is 0 Å². The second-order valence-electron chi connectivity index (χ2n) is 32.7. The lowest BCUT2D eigenvalue weighted by molar-refractivity contribution is 0.590. The molecular formula is C104H83BN2S. The average molecular weight is 1400 g/mol. The van der Waals surface area contributed by atoms with Gasteiger partial charge in [-0.2, -0.15) is 0 Å². The Bertz CT molecular complexity index is 6280. The van der Waals surface area contributed by atoms with Gasteiger partial charge >= 0.3 is 0 Å². The Labute approximate surface area is 639 Å². The second kappa shape index (κ2) is 25.9. The SMILES string of the molecule is CC(C)(C)c1cc(-c2ccccc2)c(N2c3cc(-c4ccc5c(c4)sc4ccccc45)ccc3B3c4ccc(-c5ccc6c(-c7ccccc7)c7ccccc7c(-c7ccccc7)c6c5)cc4N(c4c(-c5ccccc5)cc(C(C)(C)C)cc4-c4ccccc4)c4cc(C(C)(C)C)cc2c43)c(-c2ccccc2)c1. The van der Waals surface area contributed by atoms with Crippen molar-refractivity contribution in [1.82, 2.24) is 0 Å². The number of anilines is 6. The fourth-order valence-electron chi connectivity index (χ4n) is 17.3. The van der Waals surface area contributed by atoms with Gasteiger partial charge in [-0.1, -0.05) is 335 Å². The molecule has 0 spiro atoms. The van der Waals surface area contributed by atoms with Crippen LogP contribution < -0.4 is 26.2 Å². The summed E-state index contributed by atoms with van der Waals surface area (Å²) >= 11 is 1.88. The zero-order valence-electron chi connectivity index (χ0n) is 62.7. The van der Waals surface area contributed by atoms with Crippen molar-refractivity contribution in [2.75, 3.05) is 9.80 Å². The maximum absolute atomic E-state index is 2.74. The molecule has 0 N–H and O–H groups in total. The molecule has 19 rings (SSSR count). The van der Waals surface area contributed by atoms with Crippen LogP contribution in [0.5, 0.6) is 0 Å². The minimum atomic E-state index is -0.326. The summed E-state index contributed by atoms with van der Waals surface area (Å²) in [5, 5.41) is 7.51. The van der Waals surface area contributed by atoms with Crippen LogP contribution in [-0.2, 0) is 16.2 Å². The minimum absolute atomic E-state index is 0.185. The molecule has 16 aromatic carbocycles. The first-order chi connectivity index (χ1) is 52.5. The summed E-state index contributed by atoms with van der Waals surface area (Å²) in [5.74, 6) is 0. The van der Waals surface area contributed by atoms with Gasteiger partial charge in [0, 0.05) is 65.2 Å². The fraction of sp³-hybridized carbons (Fsp3) is 0.115. The highest BCUT2D eigenvalue weighted by molar-refractivity contribution is 7.25. The molecule has 0 saturated heterocycles.